The van der Waals surface area contributed by atoms with Crippen molar-refractivity contribution >= 4 is 66.4 Å². The topological polar surface area (TPSA) is 6.48 Å². The highest BCUT2D eigenvalue weighted by Crippen LogP contribution is 2.50. The zero-order valence-corrected chi connectivity index (χ0v) is 40.6. The van der Waals surface area contributed by atoms with Crippen LogP contribution in [-0.2, 0) is 0 Å². The second-order valence-electron chi connectivity index (χ2n) is 19.1. The summed E-state index contributed by atoms with van der Waals surface area (Å²) in [4.78, 5) is 4.22. The second-order valence-corrected chi connectivity index (χ2v) is 19.1. The van der Waals surface area contributed by atoms with E-state index in [9.17, 15) is 0 Å². The summed E-state index contributed by atoms with van der Waals surface area (Å²) in [5.74, 6) is -0.632. The average molecular weight is 933 g/mol. The summed E-state index contributed by atoms with van der Waals surface area (Å²) in [7, 11) is 0. The fraction of sp³-hybridized carbons (Fsp3) is 0.0588. The summed E-state index contributed by atoms with van der Waals surface area (Å²) in [6, 6.07) is 79.0. The minimum Gasteiger partial charge on any atom is -0.307 e. The Hall–Kier alpha value is -8.86. The molecule has 0 bridgehead atoms. The largest absolute Gasteiger partial charge is 0.307 e. The van der Waals surface area contributed by atoms with Gasteiger partial charge in [0.05, 0.1) is 22.7 Å². The summed E-state index contributed by atoms with van der Waals surface area (Å²) in [6.45, 7) is 8.15. The van der Waals surface area contributed by atoms with Crippen LogP contribution in [0.15, 0.2) is 231 Å². The second kappa shape index (κ2) is 18.1. The molecule has 0 fully saturated rings. The molecule has 12 rings (SSSR count). The van der Waals surface area contributed by atoms with Crippen LogP contribution in [0.3, 0.4) is 0 Å². The third-order valence-electron chi connectivity index (χ3n) is 14.3. The standard InChI is InChI=1S/C68H50F2N2/c1-43-21-25-49(26-22-43)55-37-53(47-15-7-5-8-16-47)39-57(41-55)71(67-45(3)13-11-19-61(67)69)63-35-31-51-30-34-60-64(36-32-52-29-33-59(63)65(51)66(52)60)72(68-46(4)14-12-20-62(68)70)58-40-54(48-17-9-6-10-18-48)38-56(42-58)50-27-23-44(2)24-28-50/h5-42H,1-4H3. The maximum Gasteiger partial charge on any atom is 0.147 e. The summed E-state index contributed by atoms with van der Waals surface area (Å²) in [6.07, 6.45) is 0. The van der Waals surface area contributed by atoms with Crippen molar-refractivity contribution < 1.29 is 8.78 Å². The quantitative estimate of drug-likeness (QED) is 0.126. The van der Waals surface area contributed by atoms with Gasteiger partial charge in [-0.25, -0.2) is 8.78 Å². The maximum absolute atomic E-state index is 16.9. The lowest BCUT2D eigenvalue weighted by molar-refractivity contribution is 0.627. The van der Waals surface area contributed by atoms with E-state index in [1.807, 2.05) is 38.1 Å². The molecular formula is C68H50F2N2. The van der Waals surface area contributed by atoms with E-state index in [1.165, 1.54) is 11.1 Å². The predicted molar refractivity (Wildman–Crippen MR) is 300 cm³/mol. The van der Waals surface area contributed by atoms with Gasteiger partial charge in [-0.1, -0.05) is 181 Å². The SMILES string of the molecule is Cc1ccc(-c2cc(-c3ccccc3)cc(N(c3c(C)cccc3F)c3ccc4ccc5c(N(c6cc(-c7ccccc7)cc(-c7ccc(C)cc7)c6)c6c(C)cccc6F)ccc6ccc3c4c65)c2)cc1. The number of halogens is 2. The van der Waals surface area contributed by atoms with Gasteiger partial charge in [-0.3, -0.25) is 0 Å². The minimum atomic E-state index is -0.316. The number of hydrogen-bond acceptors (Lipinski definition) is 2. The summed E-state index contributed by atoms with van der Waals surface area (Å²) >= 11 is 0. The van der Waals surface area contributed by atoms with Gasteiger partial charge in [-0.2, -0.15) is 0 Å². The molecule has 4 heteroatoms. The van der Waals surface area contributed by atoms with Crippen LogP contribution in [-0.4, -0.2) is 0 Å². The molecule has 0 saturated heterocycles. The van der Waals surface area contributed by atoms with Crippen molar-refractivity contribution in [3.63, 3.8) is 0 Å². The Labute approximate surface area is 419 Å². The first kappa shape index (κ1) is 44.4. The molecule has 346 valence electrons. The summed E-state index contributed by atoms with van der Waals surface area (Å²) in [5, 5.41) is 6.13. The van der Waals surface area contributed by atoms with Gasteiger partial charge in [0.15, 0.2) is 0 Å². The molecule has 0 aromatic heterocycles. The number of hydrogen-bond donors (Lipinski definition) is 0. The molecule has 0 spiro atoms. The number of nitrogens with zero attached hydrogens (tertiary/aromatic N) is 2. The van der Waals surface area contributed by atoms with E-state index in [4.69, 9.17) is 0 Å². The maximum atomic E-state index is 16.9. The van der Waals surface area contributed by atoms with Crippen molar-refractivity contribution in [3.05, 3.63) is 264 Å². The molecule has 0 aliphatic rings. The Balaban J connectivity index is 1.13. The molecule has 0 N–H and O–H groups in total. The molecular weight excluding hydrogens is 883 g/mol. The summed E-state index contributed by atoms with van der Waals surface area (Å²) < 4.78 is 33.8. The molecule has 0 radical (unpaired) electrons. The molecule has 0 aliphatic carbocycles. The predicted octanol–water partition coefficient (Wildman–Crippen LogP) is 19.7. The van der Waals surface area contributed by atoms with Gasteiger partial charge in [0.1, 0.15) is 11.6 Å². The fourth-order valence-corrected chi connectivity index (χ4v) is 10.7. The van der Waals surface area contributed by atoms with Crippen molar-refractivity contribution in [2.24, 2.45) is 0 Å². The third-order valence-corrected chi connectivity index (χ3v) is 14.3. The molecule has 72 heavy (non-hydrogen) atoms. The van der Waals surface area contributed by atoms with E-state index in [-0.39, 0.29) is 11.6 Å². The highest BCUT2D eigenvalue weighted by atomic mass is 19.1. The Morgan fingerprint density at radius 2 is 0.639 bits per heavy atom. The van der Waals surface area contributed by atoms with Crippen molar-refractivity contribution in [1.82, 2.24) is 0 Å². The first-order valence-corrected chi connectivity index (χ1v) is 24.5. The Kier molecular flexibility index (Phi) is 11.2. The van der Waals surface area contributed by atoms with Crippen molar-refractivity contribution in [1.29, 1.82) is 0 Å². The van der Waals surface area contributed by atoms with Gasteiger partial charge < -0.3 is 9.80 Å². The highest BCUT2D eigenvalue weighted by molar-refractivity contribution is 6.28. The molecule has 0 aliphatic heterocycles. The lowest BCUT2D eigenvalue weighted by atomic mass is 9.91. The van der Waals surface area contributed by atoms with Gasteiger partial charge >= 0.3 is 0 Å². The van der Waals surface area contributed by atoms with Crippen LogP contribution in [0, 0.1) is 39.3 Å². The van der Waals surface area contributed by atoms with Crippen LogP contribution in [0.5, 0.6) is 0 Å². The van der Waals surface area contributed by atoms with Gasteiger partial charge in [0.25, 0.3) is 0 Å². The molecule has 12 aromatic rings. The average Bonchev–Trinajstić information content (AvgIpc) is 3.41. The van der Waals surface area contributed by atoms with Crippen molar-refractivity contribution in [3.8, 4) is 44.5 Å². The molecule has 0 saturated carbocycles. The van der Waals surface area contributed by atoms with E-state index in [0.29, 0.717) is 11.4 Å². The van der Waals surface area contributed by atoms with E-state index in [0.717, 1.165) is 111 Å². The minimum absolute atomic E-state index is 0.316. The monoisotopic (exact) mass is 932 g/mol. The van der Waals surface area contributed by atoms with Crippen molar-refractivity contribution in [2.75, 3.05) is 9.80 Å². The van der Waals surface area contributed by atoms with Gasteiger partial charge in [-0.05, 0) is 166 Å². The van der Waals surface area contributed by atoms with Gasteiger partial charge in [0, 0.05) is 22.1 Å². The number of aryl methyl sites for hydroxylation is 4. The van der Waals surface area contributed by atoms with Crippen LogP contribution in [0.4, 0.5) is 42.9 Å². The third kappa shape index (κ3) is 7.92. The van der Waals surface area contributed by atoms with E-state index >= 15 is 8.78 Å². The molecule has 0 atom stereocenters. The Bertz CT molecular complexity index is 3670. The van der Waals surface area contributed by atoms with Crippen LogP contribution >= 0.6 is 0 Å². The molecule has 2 nitrogen and oxygen atoms in total. The van der Waals surface area contributed by atoms with Crippen LogP contribution in [0.25, 0.3) is 76.8 Å². The smallest absolute Gasteiger partial charge is 0.147 e. The lowest BCUT2D eigenvalue weighted by Gasteiger charge is -2.31. The van der Waals surface area contributed by atoms with Crippen LogP contribution < -0.4 is 9.80 Å². The first-order chi connectivity index (χ1) is 35.2. The Morgan fingerprint density at radius 3 is 1.00 bits per heavy atom. The van der Waals surface area contributed by atoms with Crippen molar-refractivity contribution in [2.45, 2.75) is 27.7 Å². The normalized spacial score (nSPS) is 11.5. The zero-order chi connectivity index (χ0) is 49.0. The molecule has 12 aromatic carbocycles. The lowest BCUT2D eigenvalue weighted by Crippen LogP contribution is -2.15. The van der Waals surface area contributed by atoms with E-state index in [1.54, 1.807) is 24.3 Å². The van der Waals surface area contributed by atoms with Crippen LogP contribution in [0.2, 0.25) is 0 Å². The molecule has 0 amide bonds. The van der Waals surface area contributed by atoms with E-state index < -0.39 is 0 Å². The number of benzene rings is 12. The molecule has 0 heterocycles. The van der Waals surface area contributed by atoms with Crippen LogP contribution in [0.1, 0.15) is 22.3 Å². The van der Waals surface area contributed by atoms with E-state index in [2.05, 4.69) is 206 Å². The summed E-state index contributed by atoms with van der Waals surface area (Å²) in [5.41, 5.74) is 16.7. The first-order valence-electron chi connectivity index (χ1n) is 24.5. The number of anilines is 6. The number of rotatable bonds is 10. The van der Waals surface area contributed by atoms with Gasteiger partial charge in [-0.15, -0.1) is 0 Å². The van der Waals surface area contributed by atoms with Gasteiger partial charge in [0.2, 0.25) is 0 Å². The zero-order valence-electron chi connectivity index (χ0n) is 40.6. The fourth-order valence-electron chi connectivity index (χ4n) is 10.7. The molecule has 0 unspecified atom stereocenters. The Morgan fingerprint density at radius 1 is 0.292 bits per heavy atom. The highest BCUT2D eigenvalue weighted by Gasteiger charge is 2.27. The number of para-hydroxylation sites is 2.